The van der Waals surface area contributed by atoms with Crippen molar-refractivity contribution < 1.29 is 13.2 Å². The number of anilines is 1. The van der Waals surface area contributed by atoms with Crippen molar-refractivity contribution >= 4 is 47.3 Å². The van der Waals surface area contributed by atoms with Crippen LogP contribution < -0.4 is 5.32 Å². The quantitative estimate of drug-likeness (QED) is 0.513. The van der Waals surface area contributed by atoms with E-state index in [0.717, 1.165) is 19.3 Å². The van der Waals surface area contributed by atoms with Gasteiger partial charge in [0.15, 0.2) is 0 Å². The average Bonchev–Trinajstić information content (AvgIpc) is 2.39. The Bertz CT molecular complexity index is 590. The number of benzene rings is 1. The van der Waals surface area contributed by atoms with Crippen LogP contribution in [0.5, 0.6) is 0 Å². The van der Waals surface area contributed by atoms with Gasteiger partial charge in [-0.15, -0.1) is 0 Å². The molecule has 1 amide bonds. The van der Waals surface area contributed by atoms with Crippen molar-refractivity contribution in [2.75, 3.05) is 5.32 Å². The fourth-order valence-corrected chi connectivity index (χ4v) is 3.26. The number of nitrogens with one attached hydrogen (secondary N) is 1. The minimum absolute atomic E-state index is 0.00592. The van der Waals surface area contributed by atoms with Crippen molar-refractivity contribution in [3.8, 4) is 0 Å². The van der Waals surface area contributed by atoms with Gasteiger partial charge in [0, 0.05) is 21.6 Å². The first-order valence-electron chi connectivity index (χ1n) is 6.88. The Morgan fingerprint density at radius 1 is 1.24 bits per heavy atom. The molecule has 0 fully saturated rings. The summed E-state index contributed by atoms with van der Waals surface area (Å²) < 4.78 is 22.9. The van der Waals surface area contributed by atoms with E-state index >= 15 is 0 Å². The third-order valence-electron chi connectivity index (χ3n) is 3.00. The van der Waals surface area contributed by atoms with Gasteiger partial charge < -0.3 is 5.32 Å². The van der Waals surface area contributed by atoms with Gasteiger partial charge in [0.25, 0.3) is 9.05 Å². The molecular formula is C14H19BrClNO3S. The number of hydrogen-bond donors (Lipinski definition) is 1. The monoisotopic (exact) mass is 395 g/mol. The van der Waals surface area contributed by atoms with Crippen molar-refractivity contribution in [1.29, 1.82) is 0 Å². The number of amides is 1. The molecule has 1 rings (SSSR count). The van der Waals surface area contributed by atoms with Crippen molar-refractivity contribution in [3.63, 3.8) is 0 Å². The SMILES string of the molecule is CCCCCCCC(=O)Nc1ccc(S(=O)(=O)Cl)cc1Br. The molecule has 0 aliphatic rings. The summed E-state index contributed by atoms with van der Waals surface area (Å²) in [6, 6.07) is 4.26. The maximum atomic E-state index is 11.8. The van der Waals surface area contributed by atoms with Gasteiger partial charge in [-0.2, -0.15) is 0 Å². The molecule has 0 saturated heterocycles. The van der Waals surface area contributed by atoms with Gasteiger partial charge >= 0.3 is 0 Å². The summed E-state index contributed by atoms with van der Waals surface area (Å²) in [5, 5.41) is 2.76. The number of halogens is 2. The van der Waals surface area contributed by atoms with E-state index in [1.807, 2.05) is 0 Å². The molecule has 0 bridgehead atoms. The van der Waals surface area contributed by atoms with Gasteiger partial charge in [-0.05, 0) is 40.5 Å². The second-order valence-corrected chi connectivity index (χ2v) is 8.21. The molecular weight excluding hydrogens is 378 g/mol. The molecule has 1 aromatic carbocycles. The molecule has 0 atom stereocenters. The lowest BCUT2D eigenvalue weighted by Gasteiger charge is -2.08. The van der Waals surface area contributed by atoms with Gasteiger partial charge in [-0.25, -0.2) is 8.42 Å². The second-order valence-electron chi connectivity index (χ2n) is 4.79. The normalized spacial score (nSPS) is 11.4. The molecule has 0 unspecified atom stereocenters. The molecule has 1 aromatic rings. The van der Waals surface area contributed by atoms with Crippen LogP contribution in [0, 0.1) is 0 Å². The molecule has 1 N–H and O–H groups in total. The fourth-order valence-electron chi connectivity index (χ4n) is 1.85. The Labute approximate surface area is 138 Å². The van der Waals surface area contributed by atoms with E-state index in [1.54, 1.807) is 0 Å². The summed E-state index contributed by atoms with van der Waals surface area (Å²) in [5.74, 6) is -0.0753. The summed E-state index contributed by atoms with van der Waals surface area (Å²) in [6.07, 6.45) is 5.89. The Hall–Kier alpha value is -0.590. The highest BCUT2D eigenvalue weighted by molar-refractivity contribution is 9.10. The molecule has 118 valence electrons. The average molecular weight is 397 g/mol. The summed E-state index contributed by atoms with van der Waals surface area (Å²) in [6.45, 7) is 2.15. The Kier molecular flexibility index (Phi) is 7.70. The van der Waals surface area contributed by atoms with Crippen molar-refractivity contribution in [2.45, 2.75) is 50.3 Å². The van der Waals surface area contributed by atoms with Crippen LogP contribution in [0.1, 0.15) is 45.4 Å². The van der Waals surface area contributed by atoms with E-state index in [1.165, 1.54) is 31.0 Å². The zero-order valence-corrected chi connectivity index (χ0v) is 15.0. The van der Waals surface area contributed by atoms with E-state index in [9.17, 15) is 13.2 Å². The van der Waals surface area contributed by atoms with E-state index in [-0.39, 0.29) is 10.8 Å². The summed E-state index contributed by atoms with van der Waals surface area (Å²) in [7, 11) is 1.50. The summed E-state index contributed by atoms with van der Waals surface area (Å²) in [5.41, 5.74) is 0.539. The van der Waals surface area contributed by atoms with Gasteiger partial charge in [0.1, 0.15) is 0 Å². The van der Waals surface area contributed by atoms with Crippen LogP contribution in [0.15, 0.2) is 27.6 Å². The molecule has 0 aliphatic heterocycles. The first-order chi connectivity index (χ1) is 9.84. The van der Waals surface area contributed by atoms with Gasteiger partial charge in [-0.3, -0.25) is 4.79 Å². The van der Waals surface area contributed by atoms with Crippen molar-refractivity contribution in [1.82, 2.24) is 0 Å². The highest BCUT2D eigenvalue weighted by Crippen LogP contribution is 2.27. The molecule has 0 heterocycles. The number of unbranched alkanes of at least 4 members (excludes halogenated alkanes) is 4. The zero-order valence-electron chi connectivity index (χ0n) is 11.9. The van der Waals surface area contributed by atoms with E-state index in [4.69, 9.17) is 10.7 Å². The van der Waals surface area contributed by atoms with E-state index < -0.39 is 9.05 Å². The predicted molar refractivity (Wildman–Crippen MR) is 89.2 cm³/mol. The van der Waals surface area contributed by atoms with E-state index in [0.29, 0.717) is 16.6 Å². The van der Waals surface area contributed by atoms with Crippen LogP contribution >= 0.6 is 26.6 Å². The van der Waals surface area contributed by atoms with Gasteiger partial charge in [0.05, 0.1) is 10.6 Å². The molecule has 7 heteroatoms. The highest BCUT2D eigenvalue weighted by Gasteiger charge is 2.13. The lowest BCUT2D eigenvalue weighted by atomic mass is 10.1. The van der Waals surface area contributed by atoms with Gasteiger partial charge in [0.2, 0.25) is 5.91 Å². The summed E-state index contributed by atoms with van der Waals surface area (Å²) in [4.78, 5) is 11.8. The van der Waals surface area contributed by atoms with Crippen molar-refractivity contribution in [2.24, 2.45) is 0 Å². The largest absolute Gasteiger partial charge is 0.325 e. The standard InChI is InChI=1S/C14H19BrClNO3S/c1-2-3-4-5-6-7-14(18)17-13-9-8-11(10-12(13)15)21(16,19)20/h8-10H,2-7H2,1H3,(H,17,18). The smallest absolute Gasteiger partial charge is 0.261 e. The number of rotatable bonds is 8. The first-order valence-corrected chi connectivity index (χ1v) is 9.99. The summed E-state index contributed by atoms with van der Waals surface area (Å²) >= 11 is 3.23. The van der Waals surface area contributed by atoms with Crippen LogP contribution in [0.3, 0.4) is 0 Å². The third-order valence-corrected chi connectivity index (χ3v) is 5.01. The molecule has 21 heavy (non-hydrogen) atoms. The molecule has 0 spiro atoms. The van der Waals surface area contributed by atoms with Gasteiger partial charge in [-0.1, -0.05) is 32.6 Å². The minimum atomic E-state index is -3.76. The van der Waals surface area contributed by atoms with Crippen LogP contribution in [0.25, 0.3) is 0 Å². The zero-order chi connectivity index (χ0) is 15.9. The van der Waals surface area contributed by atoms with E-state index in [2.05, 4.69) is 28.2 Å². The van der Waals surface area contributed by atoms with Crippen LogP contribution in [0.2, 0.25) is 0 Å². The number of hydrogen-bond acceptors (Lipinski definition) is 3. The number of carbonyl (C=O) groups excluding carboxylic acids is 1. The van der Waals surface area contributed by atoms with Crippen LogP contribution in [-0.4, -0.2) is 14.3 Å². The molecule has 0 radical (unpaired) electrons. The Morgan fingerprint density at radius 3 is 2.48 bits per heavy atom. The molecule has 0 aromatic heterocycles. The van der Waals surface area contributed by atoms with Crippen molar-refractivity contribution in [3.05, 3.63) is 22.7 Å². The maximum absolute atomic E-state index is 11.8. The minimum Gasteiger partial charge on any atom is -0.325 e. The Balaban J connectivity index is 2.53. The second kappa shape index (κ2) is 8.76. The fraction of sp³-hybridized carbons (Fsp3) is 0.500. The topological polar surface area (TPSA) is 63.2 Å². The highest BCUT2D eigenvalue weighted by atomic mass is 79.9. The first kappa shape index (κ1) is 18.5. The van der Waals surface area contributed by atoms with Crippen LogP contribution in [-0.2, 0) is 13.8 Å². The molecule has 0 aliphatic carbocycles. The number of carbonyl (C=O) groups is 1. The molecule has 4 nitrogen and oxygen atoms in total. The lowest BCUT2D eigenvalue weighted by Crippen LogP contribution is -2.11. The van der Waals surface area contributed by atoms with Crippen LogP contribution in [0.4, 0.5) is 5.69 Å². The third kappa shape index (κ3) is 6.80. The Morgan fingerprint density at radius 2 is 1.90 bits per heavy atom. The lowest BCUT2D eigenvalue weighted by molar-refractivity contribution is -0.116. The predicted octanol–water partition coefficient (Wildman–Crippen LogP) is 4.68. The maximum Gasteiger partial charge on any atom is 0.261 e. The molecule has 0 saturated carbocycles.